The van der Waals surface area contributed by atoms with Gasteiger partial charge in [-0.05, 0) is 24.3 Å². The summed E-state index contributed by atoms with van der Waals surface area (Å²) in [6.07, 6.45) is 0. The van der Waals surface area contributed by atoms with Crippen LogP contribution < -0.4 is 5.32 Å². The number of amides is 1. The highest BCUT2D eigenvalue weighted by Crippen LogP contribution is 2.21. The molecular weight excluding hydrogens is 330 g/mol. The van der Waals surface area contributed by atoms with Gasteiger partial charge >= 0.3 is 5.97 Å². The van der Waals surface area contributed by atoms with Crippen molar-refractivity contribution in [3.8, 4) is 0 Å². The maximum Gasteiger partial charge on any atom is 0.336 e. The maximum absolute atomic E-state index is 12.7. The first-order chi connectivity index (χ1) is 12.6. The smallest absolute Gasteiger partial charge is 0.336 e. The van der Waals surface area contributed by atoms with Gasteiger partial charge in [0.25, 0.3) is 5.91 Å². The van der Waals surface area contributed by atoms with Crippen LogP contribution in [0, 0.1) is 0 Å². The van der Waals surface area contributed by atoms with E-state index in [2.05, 4.69) is 5.32 Å². The summed E-state index contributed by atoms with van der Waals surface area (Å²) >= 11 is 0. The molecule has 0 aliphatic heterocycles. The van der Waals surface area contributed by atoms with E-state index >= 15 is 0 Å². The Balaban J connectivity index is 1.94. The second kappa shape index (κ2) is 7.44. The van der Waals surface area contributed by atoms with Gasteiger partial charge in [-0.1, -0.05) is 54.6 Å². The minimum Gasteiger partial charge on any atom is -0.478 e. The van der Waals surface area contributed by atoms with Gasteiger partial charge in [0, 0.05) is 11.1 Å². The van der Waals surface area contributed by atoms with Crippen LogP contribution in [0.1, 0.15) is 36.6 Å². The fourth-order valence-corrected chi connectivity index (χ4v) is 2.59. The van der Waals surface area contributed by atoms with Crippen molar-refractivity contribution < 1.29 is 19.5 Å². The number of hydrogen-bond donors (Lipinski definition) is 2. The lowest BCUT2D eigenvalue weighted by Gasteiger charge is -2.11. The molecule has 0 spiro atoms. The maximum atomic E-state index is 12.7. The van der Waals surface area contributed by atoms with Crippen molar-refractivity contribution in [1.82, 2.24) is 0 Å². The molecule has 0 saturated carbocycles. The molecule has 5 heteroatoms. The SMILES string of the molecule is O=C(c1ccccc1)c1ccccc1NC(=O)c1ccccc1C(=O)O. The number of aromatic carboxylic acids is 1. The zero-order chi connectivity index (χ0) is 18.5. The molecule has 0 unspecified atom stereocenters. The first kappa shape index (κ1) is 17.1. The fraction of sp³-hybridized carbons (Fsp3) is 0. The van der Waals surface area contributed by atoms with Crippen molar-refractivity contribution >= 4 is 23.3 Å². The third-order valence-corrected chi connectivity index (χ3v) is 3.86. The molecule has 0 atom stereocenters. The van der Waals surface area contributed by atoms with Crippen molar-refractivity contribution in [2.24, 2.45) is 0 Å². The Morgan fingerprint density at radius 1 is 0.654 bits per heavy atom. The lowest BCUT2D eigenvalue weighted by atomic mass is 10.0. The summed E-state index contributed by atoms with van der Waals surface area (Å²) in [6.45, 7) is 0. The molecule has 3 aromatic carbocycles. The van der Waals surface area contributed by atoms with E-state index in [4.69, 9.17) is 0 Å². The van der Waals surface area contributed by atoms with E-state index in [9.17, 15) is 19.5 Å². The van der Waals surface area contributed by atoms with Gasteiger partial charge in [-0.25, -0.2) is 4.79 Å². The number of hydrogen-bond acceptors (Lipinski definition) is 3. The molecule has 0 fully saturated rings. The van der Waals surface area contributed by atoms with E-state index in [1.165, 1.54) is 12.1 Å². The number of anilines is 1. The number of ketones is 1. The van der Waals surface area contributed by atoms with Gasteiger partial charge in [0.05, 0.1) is 16.8 Å². The summed E-state index contributed by atoms with van der Waals surface area (Å²) in [6, 6.07) is 21.3. The Morgan fingerprint density at radius 3 is 1.85 bits per heavy atom. The van der Waals surface area contributed by atoms with Gasteiger partial charge in [0.2, 0.25) is 0 Å². The number of para-hydroxylation sites is 1. The van der Waals surface area contributed by atoms with Crippen molar-refractivity contribution in [3.05, 3.63) is 101 Å². The predicted octanol–water partition coefficient (Wildman–Crippen LogP) is 3.87. The highest BCUT2D eigenvalue weighted by molar-refractivity contribution is 6.16. The second-order valence-electron chi connectivity index (χ2n) is 5.55. The molecule has 0 saturated heterocycles. The van der Waals surface area contributed by atoms with E-state index in [1.54, 1.807) is 60.7 Å². The Bertz CT molecular complexity index is 980. The molecular formula is C21H15NO4. The lowest BCUT2D eigenvalue weighted by Crippen LogP contribution is -2.18. The minimum atomic E-state index is -1.19. The number of rotatable bonds is 5. The summed E-state index contributed by atoms with van der Waals surface area (Å²) < 4.78 is 0. The van der Waals surface area contributed by atoms with E-state index < -0.39 is 11.9 Å². The third-order valence-electron chi connectivity index (χ3n) is 3.86. The zero-order valence-electron chi connectivity index (χ0n) is 13.7. The van der Waals surface area contributed by atoms with Gasteiger partial charge in [-0.15, -0.1) is 0 Å². The van der Waals surface area contributed by atoms with Gasteiger partial charge in [0.15, 0.2) is 5.78 Å². The molecule has 0 aliphatic rings. The lowest BCUT2D eigenvalue weighted by molar-refractivity contribution is 0.0692. The van der Waals surface area contributed by atoms with Crippen LogP contribution >= 0.6 is 0 Å². The molecule has 3 aromatic rings. The van der Waals surface area contributed by atoms with Crippen LogP contribution in [0.2, 0.25) is 0 Å². The van der Waals surface area contributed by atoms with E-state index in [0.29, 0.717) is 16.8 Å². The standard InChI is InChI=1S/C21H15NO4/c23-19(14-8-2-1-3-9-14)17-12-6-7-13-18(17)22-20(24)15-10-4-5-11-16(15)21(25)26/h1-13H,(H,22,24)(H,25,26). The summed E-state index contributed by atoms with van der Waals surface area (Å²) in [5.41, 5.74) is 1.09. The van der Waals surface area contributed by atoms with Crippen LogP contribution in [0.5, 0.6) is 0 Å². The molecule has 26 heavy (non-hydrogen) atoms. The number of carboxylic acid groups (broad SMARTS) is 1. The van der Waals surface area contributed by atoms with Crippen LogP contribution in [0.25, 0.3) is 0 Å². The summed E-state index contributed by atoms with van der Waals surface area (Å²) in [5, 5.41) is 11.9. The summed E-state index contributed by atoms with van der Waals surface area (Å²) in [5.74, 6) is -2.01. The van der Waals surface area contributed by atoms with Crippen LogP contribution in [-0.2, 0) is 0 Å². The second-order valence-corrected chi connectivity index (χ2v) is 5.55. The monoisotopic (exact) mass is 345 g/mol. The molecule has 2 N–H and O–H groups in total. The Kier molecular flexibility index (Phi) is 4.90. The van der Waals surface area contributed by atoms with E-state index in [1.807, 2.05) is 6.07 Å². The highest BCUT2D eigenvalue weighted by atomic mass is 16.4. The van der Waals surface area contributed by atoms with Crippen LogP contribution in [0.4, 0.5) is 5.69 Å². The zero-order valence-corrected chi connectivity index (χ0v) is 13.7. The molecule has 5 nitrogen and oxygen atoms in total. The quantitative estimate of drug-likeness (QED) is 0.688. The summed E-state index contributed by atoms with van der Waals surface area (Å²) in [4.78, 5) is 36.6. The Labute approximate surface area is 149 Å². The summed E-state index contributed by atoms with van der Waals surface area (Å²) in [7, 11) is 0. The predicted molar refractivity (Wildman–Crippen MR) is 97.7 cm³/mol. The van der Waals surface area contributed by atoms with Crippen molar-refractivity contribution in [2.75, 3.05) is 5.32 Å². The molecule has 128 valence electrons. The molecule has 1 amide bonds. The van der Waals surface area contributed by atoms with Gasteiger partial charge in [-0.2, -0.15) is 0 Å². The topological polar surface area (TPSA) is 83.5 Å². The first-order valence-electron chi connectivity index (χ1n) is 7.90. The number of carboxylic acids is 1. The molecule has 0 aliphatic carbocycles. The van der Waals surface area contributed by atoms with Crippen LogP contribution in [0.3, 0.4) is 0 Å². The molecule has 0 heterocycles. The Morgan fingerprint density at radius 2 is 1.19 bits per heavy atom. The van der Waals surface area contributed by atoms with Crippen molar-refractivity contribution in [3.63, 3.8) is 0 Å². The fourth-order valence-electron chi connectivity index (χ4n) is 2.59. The van der Waals surface area contributed by atoms with E-state index in [-0.39, 0.29) is 16.9 Å². The average Bonchev–Trinajstić information content (AvgIpc) is 2.68. The number of nitrogens with one attached hydrogen (secondary N) is 1. The highest BCUT2D eigenvalue weighted by Gasteiger charge is 2.19. The van der Waals surface area contributed by atoms with Gasteiger partial charge in [0.1, 0.15) is 0 Å². The minimum absolute atomic E-state index is 0.0296. The average molecular weight is 345 g/mol. The molecule has 0 aromatic heterocycles. The number of benzene rings is 3. The van der Waals surface area contributed by atoms with E-state index in [0.717, 1.165) is 0 Å². The van der Waals surface area contributed by atoms with Gasteiger partial charge in [-0.3, -0.25) is 9.59 Å². The van der Waals surface area contributed by atoms with Crippen molar-refractivity contribution in [1.29, 1.82) is 0 Å². The number of carbonyl (C=O) groups is 3. The van der Waals surface area contributed by atoms with Crippen LogP contribution in [0.15, 0.2) is 78.9 Å². The molecule has 0 bridgehead atoms. The van der Waals surface area contributed by atoms with Crippen molar-refractivity contribution in [2.45, 2.75) is 0 Å². The van der Waals surface area contributed by atoms with Gasteiger partial charge < -0.3 is 10.4 Å². The van der Waals surface area contributed by atoms with Crippen LogP contribution in [-0.4, -0.2) is 22.8 Å². The largest absolute Gasteiger partial charge is 0.478 e. The third kappa shape index (κ3) is 3.52. The first-order valence-corrected chi connectivity index (χ1v) is 7.90. The molecule has 3 rings (SSSR count). The number of carbonyl (C=O) groups excluding carboxylic acids is 2. The normalized spacial score (nSPS) is 10.2. The Hall–Kier alpha value is -3.73. The molecule has 0 radical (unpaired) electrons.